The molecular formula is C11H19NO2. The summed E-state index contributed by atoms with van der Waals surface area (Å²) in [6.45, 7) is 7.52. The lowest BCUT2D eigenvalue weighted by molar-refractivity contribution is -0.132. The fraction of sp³-hybridized carbons (Fsp3) is 0.909. The van der Waals surface area contributed by atoms with Gasteiger partial charge in [-0.1, -0.05) is 20.8 Å². The Hall–Kier alpha value is -0.570. The van der Waals surface area contributed by atoms with Gasteiger partial charge in [-0.05, 0) is 11.8 Å². The number of rotatable bonds is 1. The van der Waals surface area contributed by atoms with Crippen molar-refractivity contribution in [1.29, 1.82) is 0 Å². The highest BCUT2D eigenvalue weighted by Gasteiger charge is 2.52. The maximum Gasteiger partial charge on any atom is 0.226 e. The van der Waals surface area contributed by atoms with Gasteiger partial charge in [-0.25, -0.2) is 0 Å². The van der Waals surface area contributed by atoms with Crippen LogP contribution in [0, 0.1) is 17.3 Å². The second kappa shape index (κ2) is 2.96. The largest absolute Gasteiger partial charge is 0.391 e. The summed E-state index contributed by atoms with van der Waals surface area (Å²) >= 11 is 0. The smallest absolute Gasteiger partial charge is 0.226 e. The standard InChI is InChI=1S/C11H19NO2/c1-7-5-12(6-9(7)13)10(14)8-4-11(8,2)3/h7-9,13H,4-6H2,1-3H3. The van der Waals surface area contributed by atoms with Gasteiger partial charge < -0.3 is 10.0 Å². The van der Waals surface area contributed by atoms with E-state index in [0.29, 0.717) is 6.54 Å². The van der Waals surface area contributed by atoms with Crippen LogP contribution in [0.2, 0.25) is 0 Å². The number of β-amino-alcohol motifs (C(OH)–C–C–N with tert-alkyl or cyclic N) is 1. The van der Waals surface area contributed by atoms with Gasteiger partial charge in [0, 0.05) is 24.9 Å². The van der Waals surface area contributed by atoms with E-state index < -0.39 is 0 Å². The molecule has 0 spiro atoms. The summed E-state index contributed by atoms with van der Waals surface area (Å²) < 4.78 is 0. The molecule has 3 unspecified atom stereocenters. The van der Waals surface area contributed by atoms with Crippen LogP contribution in [0.25, 0.3) is 0 Å². The van der Waals surface area contributed by atoms with E-state index in [1.54, 1.807) is 0 Å². The van der Waals surface area contributed by atoms with Crippen LogP contribution in [0.4, 0.5) is 0 Å². The Morgan fingerprint density at radius 1 is 1.43 bits per heavy atom. The average Bonchev–Trinajstić information content (AvgIpc) is 2.59. The van der Waals surface area contributed by atoms with Gasteiger partial charge >= 0.3 is 0 Å². The molecule has 1 amide bonds. The van der Waals surface area contributed by atoms with Crippen molar-refractivity contribution < 1.29 is 9.90 Å². The van der Waals surface area contributed by atoms with Crippen molar-refractivity contribution in [3.63, 3.8) is 0 Å². The zero-order chi connectivity index (χ0) is 10.5. The molecule has 14 heavy (non-hydrogen) atoms. The normalized spacial score (nSPS) is 40.0. The molecule has 2 fully saturated rings. The molecule has 0 bridgehead atoms. The van der Waals surface area contributed by atoms with Crippen LogP contribution in [-0.4, -0.2) is 35.1 Å². The summed E-state index contributed by atoms with van der Waals surface area (Å²) in [5.74, 6) is 0.694. The number of hydrogen-bond donors (Lipinski definition) is 1. The molecule has 1 aliphatic carbocycles. The van der Waals surface area contributed by atoms with Crippen molar-refractivity contribution >= 4 is 5.91 Å². The van der Waals surface area contributed by atoms with Gasteiger partial charge in [-0.3, -0.25) is 4.79 Å². The maximum absolute atomic E-state index is 11.9. The monoisotopic (exact) mass is 197 g/mol. The fourth-order valence-electron chi connectivity index (χ4n) is 2.24. The molecule has 3 atom stereocenters. The minimum absolute atomic E-state index is 0.202. The third-order valence-corrected chi connectivity index (χ3v) is 3.70. The Bertz CT molecular complexity index is 252. The van der Waals surface area contributed by atoms with Gasteiger partial charge in [0.25, 0.3) is 0 Å². The molecule has 0 aromatic rings. The van der Waals surface area contributed by atoms with Gasteiger partial charge in [0.05, 0.1) is 6.10 Å². The van der Waals surface area contributed by atoms with Crippen LogP contribution in [-0.2, 0) is 4.79 Å². The molecule has 0 aromatic carbocycles. The summed E-state index contributed by atoms with van der Waals surface area (Å²) in [4.78, 5) is 13.8. The van der Waals surface area contributed by atoms with Gasteiger partial charge in [0.1, 0.15) is 0 Å². The lowest BCUT2D eigenvalue weighted by Gasteiger charge is -2.16. The van der Waals surface area contributed by atoms with E-state index in [2.05, 4.69) is 13.8 Å². The first-order valence-corrected chi connectivity index (χ1v) is 5.38. The molecule has 2 rings (SSSR count). The van der Waals surface area contributed by atoms with Gasteiger partial charge in [-0.15, -0.1) is 0 Å². The first kappa shape index (κ1) is 9.97. The minimum Gasteiger partial charge on any atom is -0.391 e. The van der Waals surface area contributed by atoms with Crippen molar-refractivity contribution in [2.24, 2.45) is 17.3 Å². The number of hydrogen-bond acceptors (Lipinski definition) is 2. The SMILES string of the molecule is CC1CN(C(=O)C2CC2(C)C)CC1O. The van der Waals surface area contributed by atoms with Gasteiger partial charge in [0.2, 0.25) is 5.91 Å². The summed E-state index contributed by atoms with van der Waals surface area (Å²) in [7, 11) is 0. The second-order valence-electron chi connectivity index (χ2n) is 5.53. The van der Waals surface area contributed by atoms with Crippen molar-refractivity contribution in [3.05, 3.63) is 0 Å². The zero-order valence-electron chi connectivity index (χ0n) is 9.16. The number of carbonyl (C=O) groups excluding carboxylic acids is 1. The fourth-order valence-corrected chi connectivity index (χ4v) is 2.24. The Morgan fingerprint density at radius 2 is 2.00 bits per heavy atom. The minimum atomic E-state index is -0.319. The van der Waals surface area contributed by atoms with E-state index >= 15 is 0 Å². The number of carbonyl (C=O) groups is 1. The molecule has 3 heteroatoms. The lowest BCUT2D eigenvalue weighted by Crippen LogP contribution is -2.32. The van der Waals surface area contributed by atoms with E-state index in [4.69, 9.17) is 0 Å². The van der Waals surface area contributed by atoms with E-state index in [9.17, 15) is 9.90 Å². The van der Waals surface area contributed by atoms with E-state index in [1.807, 2.05) is 11.8 Å². The predicted molar refractivity (Wildman–Crippen MR) is 53.6 cm³/mol. The highest BCUT2D eigenvalue weighted by molar-refractivity contribution is 5.82. The third kappa shape index (κ3) is 1.54. The van der Waals surface area contributed by atoms with Crippen molar-refractivity contribution in [2.45, 2.75) is 33.3 Å². The third-order valence-electron chi connectivity index (χ3n) is 3.70. The summed E-state index contributed by atoms with van der Waals surface area (Å²) in [5.41, 5.74) is 0.202. The number of likely N-dealkylation sites (tertiary alicyclic amines) is 1. The Labute approximate surface area is 85.1 Å². The van der Waals surface area contributed by atoms with Gasteiger partial charge in [0.15, 0.2) is 0 Å². The average molecular weight is 197 g/mol. The molecule has 0 aromatic heterocycles. The molecule has 80 valence electrons. The lowest BCUT2D eigenvalue weighted by atomic mass is 10.1. The van der Waals surface area contributed by atoms with E-state index in [0.717, 1.165) is 13.0 Å². The summed E-state index contributed by atoms with van der Waals surface area (Å²) in [6, 6.07) is 0. The first-order chi connectivity index (χ1) is 6.42. The number of aliphatic hydroxyl groups is 1. The number of nitrogens with zero attached hydrogens (tertiary/aromatic N) is 1. The van der Waals surface area contributed by atoms with Crippen LogP contribution in [0.3, 0.4) is 0 Å². The summed E-state index contributed by atoms with van der Waals surface area (Å²) in [6.07, 6.45) is 0.688. The second-order valence-corrected chi connectivity index (χ2v) is 5.53. The maximum atomic E-state index is 11.9. The number of amides is 1. The van der Waals surface area contributed by atoms with Crippen LogP contribution >= 0.6 is 0 Å². The quantitative estimate of drug-likeness (QED) is 0.677. The molecule has 1 heterocycles. The van der Waals surface area contributed by atoms with Crippen molar-refractivity contribution in [1.82, 2.24) is 4.90 Å². The van der Waals surface area contributed by atoms with E-state index in [-0.39, 0.29) is 29.3 Å². The summed E-state index contributed by atoms with van der Waals surface area (Å²) in [5, 5.41) is 9.56. The Balaban J connectivity index is 1.95. The molecule has 3 nitrogen and oxygen atoms in total. The highest BCUT2D eigenvalue weighted by atomic mass is 16.3. The molecule has 0 radical (unpaired) electrons. The zero-order valence-corrected chi connectivity index (χ0v) is 9.16. The first-order valence-electron chi connectivity index (χ1n) is 5.38. The van der Waals surface area contributed by atoms with Crippen molar-refractivity contribution in [2.75, 3.05) is 13.1 Å². The van der Waals surface area contributed by atoms with Crippen LogP contribution in [0.15, 0.2) is 0 Å². The predicted octanol–water partition coefficient (Wildman–Crippen LogP) is 0.872. The van der Waals surface area contributed by atoms with Crippen LogP contribution in [0.1, 0.15) is 27.2 Å². The van der Waals surface area contributed by atoms with Crippen LogP contribution < -0.4 is 0 Å². The Kier molecular flexibility index (Phi) is 2.11. The molecule has 1 saturated carbocycles. The van der Waals surface area contributed by atoms with Crippen LogP contribution in [0.5, 0.6) is 0 Å². The molecular weight excluding hydrogens is 178 g/mol. The highest BCUT2D eigenvalue weighted by Crippen LogP contribution is 2.52. The molecule has 2 aliphatic rings. The molecule has 1 saturated heterocycles. The van der Waals surface area contributed by atoms with E-state index in [1.165, 1.54) is 0 Å². The number of aliphatic hydroxyl groups excluding tert-OH is 1. The molecule has 1 aliphatic heterocycles. The Morgan fingerprint density at radius 3 is 2.36 bits per heavy atom. The molecule has 1 N–H and O–H groups in total. The van der Waals surface area contributed by atoms with Crippen molar-refractivity contribution in [3.8, 4) is 0 Å². The van der Waals surface area contributed by atoms with Gasteiger partial charge in [-0.2, -0.15) is 0 Å². The topological polar surface area (TPSA) is 40.5 Å².